The molecule has 0 aliphatic carbocycles. The van der Waals surface area contributed by atoms with Gasteiger partial charge in [0.15, 0.2) is 11.2 Å². The van der Waals surface area contributed by atoms with Crippen molar-refractivity contribution in [2.24, 2.45) is 7.05 Å². The van der Waals surface area contributed by atoms with Crippen LogP contribution in [0.4, 0.5) is 10.3 Å². The van der Waals surface area contributed by atoms with Crippen LogP contribution < -0.4 is 16.1 Å². The molecular weight excluding hydrogens is 445 g/mol. The molecule has 0 bridgehead atoms. The molecular formula is C24H23ClFN5O2. The van der Waals surface area contributed by atoms with Crippen LogP contribution >= 0.6 is 11.6 Å². The minimum atomic E-state index is -0.557. The highest BCUT2D eigenvalue weighted by atomic mass is 35.5. The summed E-state index contributed by atoms with van der Waals surface area (Å²) < 4.78 is 18.6. The molecule has 33 heavy (non-hydrogen) atoms. The van der Waals surface area contributed by atoms with Crippen molar-refractivity contribution < 1.29 is 4.39 Å². The number of benzene rings is 2. The number of hydrogen-bond donors (Lipinski definition) is 0. The molecule has 4 aromatic rings. The quantitative estimate of drug-likeness (QED) is 0.452. The van der Waals surface area contributed by atoms with E-state index in [1.807, 2.05) is 22.8 Å². The third-order valence-electron chi connectivity index (χ3n) is 6.20. The predicted octanol–water partition coefficient (Wildman–Crippen LogP) is 3.19. The summed E-state index contributed by atoms with van der Waals surface area (Å²) >= 11 is 6.15. The molecule has 0 amide bonds. The Bertz CT molecular complexity index is 1440. The number of hydrogen-bond acceptors (Lipinski definition) is 4. The molecule has 0 radical (unpaired) electrons. The van der Waals surface area contributed by atoms with Gasteiger partial charge in [-0.15, -0.1) is 0 Å². The van der Waals surface area contributed by atoms with E-state index >= 15 is 0 Å². The van der Waals surface area contributed by atoms with Gasteiger partial charge in [-0.3, -0.25) is 13.9 Å². The summed E-state index contributed by atoms with van der Waals surface area (Å²) in [5.41, 5.74) is 0.975. The summed E-state index contributed by atoms with van der Waals surface area (Å²) in [5.74, 6) is 0.125. The standard InChI is InChI=1S/C24H23ClFN5O2/c1-28-21-20(22(32)31(24(28)33)15-17-18(25)9-5-10-19(17)26)30-13-6-12-29(23(30)27-21)14-11-16-7-3-2-4-8-16/h2-5,7-10H,6,11-15H2,1H3. The monoisotopic (exact) mass is 467 g/mol. The Balaban J connectivity index is 1.58. The van der Waals surface area contributed by atoms with Crippen molar-refractivity contribution in [2.75, 3.05) is 18.0 Å². The van der Waals surface area contributed by atoms with Gasteiger partial charge in [-0.25, -0.2) is 9.18 Å². The van der Waals surface area contributed by atoms with Gasteiger partial charge in [0.25, 0.3) is 5.56 Å². The SMILES string of the molecule is Cn1c(=O)n(Cc2c(F)cccc2Cl)c(=O)c2c1nc1n2CCCN1CCc1ccccc1. The predicted molar refractivity (Wildman–Crippen MR) is 127 cm³/mol. The number of aromatic nitrogens is 4. The largest absolute Gasteiger partial charge is 0.342 e. The Morgan fingerprint density at radius 1 is 1.06 bits per heavy atom. The van der Waals surface area contributed by atoms with Crippen molar-refractivity contribution in [3.8, 4) is 0 Å². The zero-order chi connectivity index (χ0) is 23.1. The molecule has 0 spiro atoms. The normalized spacial score (nSPS) is 13.5. The van der Waals surface area contributed by atoms with Crippen LogP contribution in [-0.2, 0) is 26.6 Å². The first-order valence-electron chi connectivity index (χ1n) is 10.9. The molecule has 0 fully saturated rings. The first-order chi connectivity index (χ1) is 16.0. The number of halogens is 2. The number of rotatable bonds is 5. The lowest BCUT2D eigenvalue weighted by atomic mass is 10.1. The molecule has 170 valence electrons. The summed E-state index contributed by atoms with van der Waals surface area (Å²) in [7, 11) is 1.58. The van der Waals surface area contributed by atoms with Crippen LogP contribution in [-0.4, -0.2) is 31.8 Å². The van der Waals surface area contributed by atoms with E-state index in [2.05, 4.69) is 22.0 Å². The Morgan fingerprint density at radius 2 is 1.85 bits per heavy atom. The zero-order valence-corrected chi connectivity index (χ0v) is 18.9. The summed E-state index contributed by atoms with van der Waals surface area (Å²) in [6, 6.07) is 14.5. The maximum Gasteiger partial charge on any atom is 0.332 e. The van der Waals surface area contributed by atoms with Crippen LogP contribution in [0.2, 0.25) is 5.02 Å². The van der Waals surface area contributed by atoms with Gasteiger partial charge >= 0.3 is 5.69 Å². The molecule has 5 rings (SSSR count). The maximum atomic E-state index is 14.4. The van der Waals surface area contributed by atoms with Gasteiger partial charge in [0.05, 0.1) is 6.54 Å². The summed E-state index contributed by atoms with van der Waals surface area (Å²) in [4.78, 5) is 33.3. The van der Waals surface area contributed by atoms with E-state index in [1.54, 1.807) is 13.1 Å². The summed E-state index contributed by atoms with van der Waals surface area (Å²) in [5, 5.41) is 0.173. The van der Waals surface area contributed by atoms with E-state index in [-0.39, 0.29) is 17.1 Å². The summed E-state index contributed by atoms with van der Waals surface area (Å²) in [6.45, 7) is 1.95. The number of imidazole rings is 1. The Morgan fingerprint density at radius 3 is 2.61 bits per heavy atom. The zero-order valence-electron chi connectivity index (χ0n) is 18.2. The van der Waals surface area contributed by atoms with Crippen molar-refractivity contribution in [1.29, 1.82) is 0 Å². The number of aryl methyl sites for hydroxylation is 2. The minimum Gasteiger partial charge on any atom is -0.342 e. The van der Waals surface area contributed by atoms with Gasteiger partial charge in [-0.2, -0.15) is 4.98 Å². The van der Waals surface area contributed by atoms with Gasteiger partial charge in [0.2, 0.25) is 5.95 Å². The minimum absolute atomic E-state index is 0.112. The Labute approximate surface area is 194 Å². The highest BCUT2D eigenvalue weighted by molar-refractivity contribution is 6.31. The maximum absolute atomic E-state index is 14.4. The van der Waals surface area contributed by atoms with Crippen LogP contribution in [0.15, 0.2) is 58.1 Å². The fraction of sp³-hybridized carbons (Fsp3) is 0.292. The van der Waals surface area contributed by atoms with E-state index in [1.165, 1.54) is 22.3 Å². The highest BCUT2D eigenvalue weighted by Crippen LogP contribution is 2.25. The molecule has 0 atom stereocenters. The average Bonchev–Trinajstić information content (AvgIpc) is 3.22. The van der Waals surface area contributed by atoms with Crippen LogP contribution in [0.1, 0.15) is 17.5 Å². The first kappa shape index (κ1) is 21.5. The van der Waals surface area contributed by atoms with E-state index in [4.69, 9.17) is 11.6 Å². The molecule has 9 heteroatoms. The van der Waals surface area contributed by atoms with Crippen LogP contribution in [0.3, 0.4) is 0 Å². The molecule has 3 heterocycles. The molecule has 1 aliphatic heterocycles. The van der Waals surface area contributed by atoms with E-state index in [0.29, 0.717) is 23.7 Å². The number of nitrogens with zero attached hydrogens (tertiary/aromatic N) is 5. The third-order valence-corrected chi connectivity index (χ3v) is 6.55. The van der Waals surface area contributed by atoms with Crippen LogP contribution in [0.5, 0.6) is 0 Å². The second-order valence-electron chi connectivity index (χ2n) is 8.24. The number of fused-ring (bicyclic) bond motifs is 3. The van der Waals surface area contributed by atoms with Crippen molar-refractivity contribution in [3.63, 3.8) is 0 Å². The molecule has 0 saturated heterocycles. The molecule has 2 aromatic heterocycles. The Hall–Kier alpha value is -3.39. The lowest BCUT2D eigenvalue weighted by Gasteiger charge is -2.29. The molecule has 0 N–H and O–H groups in total. The number of anilines is 1. The van der Waals surface area contributed by atoms with Gasteiger partial charge in [-0.1, -0.05) is 48.0 Å². The molecule has 2 aromatic carbocycles. The second-order valence-corrected chi connectivity index (χ2v) is 8.65. The third kappa shape index (κ3) is 3.74. The topological polar surface area (TPSA) is 65.1 Å². The summed E-state index contributed by atoms with van der Waals surface area (Å²) in [6.07, 6.45) is 1.70. The lowest BCUT2D eigenvalue weighted by molar-refractivity contribution is 0.560. The molecule has 0 unspecified atom stereocenters. The molecule has 1 aliphatic rings. The molecule has 0 saturated carbocycles. The van der Waals surface area contributed by atoms with Crippen LogP contribution in [0, 0.1) is 5.82 Å². The van der Waals surface area contributed by atoms with E-state index < -0.39 is 17.1 Å². The van der Waals surface area contributed by atoms with E-state index in [0.717, 1.165) is 30.5 Å². The highest BCUT2D eigenvalue weighted by Gasteiger charge is 2.26. The van der Waals surface area contributed by atoms with Gasteiger partial charge in [0, 0.05) is 37.3 Å². The van der Waals surface area contributed by atoms with Gasteiger partial charge in [0.1, 0.15) is 5.82 Å². The van der Waals surface area contributed by atoms with Gasteiger partial charge in [-0.05, 0) is 30.5 Å². The second kappa shape index (κ2) is 8.51. The average molecular weight is 468 g/mol. The van der Waals surface area contributed by atoms with Crippen molar-refractivity contribution in [3.05, 3.63) is 91.3 Å². The smallest absolute Gasteiger partial charge is 0.332 e. The Kier molecular flexibility index (Phi) is 5.54. The van der Waals surface area contributed by atoms with Gasteiger partial charge < -0.3 is 9.47 Å². The fourth-order valence-electron chi connectivity index (χ4n) is 4.43. The van der Waals surface area contributed by atoms with E-state index in [9.17, 15) is 14.0 Å². The fourth-order valence-corrected chi connectivity index (χ4v) is 4.66. The van der Waals surface area contributed by atoms with Crippen molar-refractivity contribution in [2.45, 2.75) is 25.9 Å². The first-order valence-corrected chi connectivity index (χ1v) is 11.3. The molecule has 7 nitrogen and oxygen atoms in total. The van der Waals surface area contributed by atoms with Crippen molar-refractivity contribution in [1.82, 2.24) is 18.7 Å². The van der Waals surface area contributed by atoms with Crippen molar-refractivity contribution >= 4 is 28.7 Å². The van der Waals surface area contributed by atoms with Crippen LogP contribution in [0.25, 0.3) is 11.2 Å². The lowest BCUT2D eigenvalue weighted by Crippen LogP contribution is -2.40.